The maximum atomic E-state index is 11.2. The smallest absolute Gasteiger partial charge is 0.238 e. The van der Waals surface area contributed by atoms with Crippen LogP contribution in [0.3, 0.4) is 0 Å². The van der Waals surface area contributed by atoms with Gasteiger partial charge in [-0.25, -0.2) is 13.6 Å². The third kappa shape index (κ3) is 2.05. The molecule has 0 saturated carbocycles. The van der Waals surface area contributed by atoms with Gasteiger partial charge < -0.3 is 4.90 Å². The van der Waals surface area contributed by atoms with Crippen molar-refractivity contribution in [2.24, 2.45) is 5.14 Å². The summed E-state index contributed by atoms with van der Waals surface area (Å²) >= 11 is 0. The van der Waals surface area contributed by atoms with Gasteiger partial charge in [0, 0.05) is 19.8 Å². The van der Waals surface area contributed by atoms with E-state index < -0.39 is 10.0 Å². The fourth-order valence-electron chi connectivity index (χ4n) is 1.40. The number of nitrogens with zero attached hydrogens (tertiary/aromatic N) is 1. The Labute approximate surface area is 84.4 Å². The molecule has 2 N–H and O–H groups in total. The van der Waals surface area contributed by atoms with Crippen molar-refractivity contribution >= 4 is 15.7 Å². The molecule has 0 aromatic heterocycles. The zero-order chi connectivity index (χ0) is 10.9. The fraction of sp³-hybridized carbons (Fsp3) is 0.333. The van der Waals surface area contributed by atoms with Gasteiger partial charge in [0.1, 0.15) is 0 Å². The van der Waals surface area contributed by atoms with Crippen LogP contribution >= 0.6 is 0 Å². The van der Waals surface area contributed by atoms with Crippen molar-refractivity contribution in [3.05, 3.63) is 23.8 Å². The van der Waals surface area contributed by atoms with Crippen LogP contribution in [-0.2, 0) is 10.0 Å². The lowest BCUT2D eigenvalue weighted by atomic mass is 10.2. The summed E-state index contributed by atoms with van der Waals surface area (Å²) in [5, 5.41) is 5.08. The normalized spacial score (nSPS) is 11.4. The molecule has 0 fully saturated rings. The van der Waals surface area contributed by atoms with Crippen LogP contribution in [0.5, 0.6) is 0 Å². The highest BCUT2D eigenvalue weighted by Crippen LogP contribution is 2.23. The Hall–Kier alpha value is -1.07. The number of sulfonamides is 1. The quantitative estimate of drug-likeness (QED) is 0.788. The van der Waals surface area contributed by atoms with Crippen molar-refractivity contribution in [1.29, 1.82) is 0 Å². The molecule has 1 aromatic carbocycles. The molecule has 0 aliphatic rings. The molecule has 1 rings (SSSR count). The summed E-state index contributed by atoms with van der Waals surface area (Å²) in [4.78, 5) is 2.04. The first kappa shape index (κ1) is 11.0. The first-order valence-electron chi connectivity index (χ1n) is 4.14. The van der Waals surface area contributed by atoms with Gasteiger partial charge in [-0.3, -0.25) is 0 Å². The van der Waals surface area contributed by atoms with E-state index in [4.69, 9.17) is 5.14 Å². The van der Waals surface area contributed by atoms with Gasteiger partial charge in [0.05, 0.1) is 4.90 Å². The molecule has 5 heteroatoms. The second kappa shape index (κ2) is 3.59. The Balaban J connectivity index is 3.43. The number of hydrogen-bond donors (Lipinski definition) is 1. The van der Waals surface area contributed by atoms with Crippen LogP contribution in [0, 0.1) is 6.92 Å². The molecule has 0 saturated heterocycles. The van der Waals surface area contributed by atoms with E-state index in [-0.39, 0.29) is 4.90 Å². The molecule has 1 aromatic rings. The summed E-state index contributed by atoms with van der Waals surface area (Å²) in [6.45, 7) is 1.75. The molecule has 0 amide bonds. The second-order valence-electron chi connectivity index (χ2n) is 3.34. The Bertz CT molecular complexity index is 438. The predicted molar refractivity (Wildman–Crippen MR) is 56.9 cm³/mol. The maximum Gasteiger partial charge on any atom is 0.238 e. The molecular formula is C9H14N2O2S. The van der Waals surface area contributed by atoms with Gasteiger partial charge in [-0.15, -0.1) is 0 Å². The monoisotopic (exact) mass is 214 g/mol. The molecule has 0 bridgehead atoms. The Morgan fingerprint density at radius 3 is 2.29 bits per heavy atom. The fourth-order valence-corrected chi connectivity index (χ4v) is 2.20. The molecule has 0 spiro atoms. The van der Waals surface area contributed by atoms with Crippen molar-refractivity contribution in [1.82, 2.24) is 0 Å². The van der Waals surface area contributed by atoms with Crippen LogP contribution in [0.1, 0.15) is 5.56 Å². The molecule has 0 aliphatic heterocycles. The average Bonchev–Trinajstić information content (AvgIpc) is 2.01. The topological polar surface area (TPSA) is 63.4 Å². The van der Waals surface area contributed by atoms with Crippen molar-refractivity contribution < 1.29 is 8.42 Å². The van der Waals surface area contributed by atoms with Gasteiger partial charge in [-0.1, -0.05) is 6.07 Å². The summed E-state index contributed by atoms with van der Waals surface area (Å²) in [6.07, 6.45) is 0. The van der Waals surface area contributed by atoms with Gasteiger partial charge >= 0.3 is 0 Å². The molecule has 0 heterocycles. The van der Waals surface area contributed by atoms with Crippen LogP contribution in [0.4, 0.5) is 5.69 Å². The van der Waals surface area contributed by atoms with Crippen LogP contribution in [-0.4, -0.2) is 22.5 Å². The van der Waals surface area contributed by atoms with Crippen molar-refractivity contribution in [2.45, 2.75) is 11.8 Å². The van der Waals surface area contributed by atoms with Crippen LogP contribution in [0.15, 0.2) is 23.1 Å². The number of primary sulfonamides is 1. The molecule has 0 aliphatic carbocycles. The van der Waals surface area contributed by atoms with Gasteiger partial charge in [0.2, 0.25) is 10.0 Å². The maximum absolute atomic E-state index is 11.2. The molecule has 0 unspecified atom stereocenters. The van der Waals surface area contributed by atoms with Crippen molar-refractivity contribution in [2.75, 3.05) is 19.0 Å². The summed E-state index contributed by atoms with van der Waals surface area (Å²) in [5.41, 5.74) is 1.54. The molecule has 0 radical (unpaired) electrons. The first-order valence-corrected chi connectivity index (χ1v) is 5.68. The van der Waals surface area contributed by atoms with E-state index in [0.717, 1.165) is 5.69 Å². The zero-order valence-electron chi connectivity index (χ0n) is 8.48. The average molecular weight is 214 g/mol. The third-order valence-corrected chi connectivity index (χ3v) is 3.10. The van der Waals surface area contributed by atoms with Crippen molar-refractivity contribution in [3.63, 3.8) is 0 Å². The highest BCUT2D eigenvalue weighted by molar-refractivity contribution is 7.89. The number of benzene rings is 1. The molecular weight excluding hydrogens is 200 g/mol. The summed E-state index contributed by atoms with van der Waals surface area (Å²) in [6, 6.07) is 5.05. The largest absolute Gasteiger partial charge is 0.377 e. The van der Waals surface area contributed by atoms with Crippen LogP contribution < -0.4 is 10.0 Å². The van der Waals surface area contributed by atoms with E-state index in [2.05, 4.69) is 0 Å². The van der Waals surface area contributed by atoms with Crippen LogP contribution in [0.25, 0.3) is 0 Å². The molecule has 14 heavy (non-hydrogen) atoms. The number of nitrogens with two attached hydrogens (primary N) is 1. The standard InChI is InChI=1S/C9H14N2O2S/c1-7-8(11(2)3)5-4-6-9(7)14(10,12)13/h4-6H,1-3H3,(H2,10,12,13). The number of anilines is 1. The Morgan fingerprint density at radius 2 is 1.86 bits per heavy atom. The van der Waals surface area contributed by atoms with Gasteiger partial charge in [-0.2, -0.15) is 0 Å². The molecule has 0 atom stereocenters. The highest BCUT2D eigenvalue weighted by Gasteiger charge is 2.14. The van der Waals surface area contributed by atoms with Gasteiger partial charge in [0.15, 0.2) is 0 Å². The highest BCUT2D eigenvalue weighted by atomic mass is 32.2. The van der Waals surface area contributed by atoms with E-state index in [9.17, 15) is 8.42 Å². The minimum Gasteiger partial charge on any atom is -0.377 e. The summed E-state index contributed by atoms with van der Waals surface area (Å²) in [5.74, 6) is 0. The Morgan fingerprint density at radius 1 is 1.29 bits per heavy atom. The number of rotatable bonds is 2. The zero-order valence-corrected chi connectivity index (χ0v) is 9.30. The van der Waals surface area contributed by atoms with Gasteiger partial charge in [-0.05, 0) is 24.6 Å². The lowest BCUT2D eigenvalue weighted by Crippen LogP contribution is -2.16. The third-order valence-electron chi connectivity index (χ3n) is 2.04. The summed E-state index contributed by atoms with van der Waals surface area (Å²) in [7, 11) is 0.0966. The summed E-state index contributed by atoms with van der Waals surface area (Å²) < 4.78 is 22.4. The lowest BCUT2D eigenvalue weighted by molar-refractivity contribution is 0.597. The van der Waals surface area contributed by atoms with Gasteiger partial charge in [0.25, 0.3) is 0 Å². The van der Waals surface area contributed by atoms with E-state index in [1.807, 2.05) is 25.1 Å². The predicted octanol–water partition coefficient (Wildman–Crippen LogP) is 0.708. The second-order valence-corrected chi connectivity index (χ2v) is 4.87. The van der Waals surface area contributed by atoms with E-state index in [1.54, 1.807) is 13.0 Å². The first-order chi connectivity index (χ1) is 6.34. The van der Waals surface area contributed by atoms with Crippen molar-refractivity contribution in [3.8, 4) is 0 Å². The SMILES string of the molecule is Cc1c(N(C)C)cccc1S(N)(=O)=O. The molecule has 78 valence electrons. The lowest BCUT2D eigenvalue weighted by Gasteiger charge is -2.17. The van der Waals surface area contributed by atoms with Crippen LogP contribution in [0.2, 0.25) is 0 Å². The molecule has 4 nitrogen and oxygen atoms in total. The Kier molecular flexibility index (Phi) is 2.82. The van der Waals surface area contributed by atoms with E-state index in [1.165, 1.54) is 6.07 Å². The van der Waals surface area contributed by atoms with E-state index in [0.29, 0.717) is 5.56 Å². The minimum atomic E-state index is -3.62. The van der Waals surface area contributed by atoms with E-state index >= 15 is 0 Å². The minimum absolute atomic E-state index is 0.184. The number of hydrogen-bond acceptors (Lipinski definition) is 3.